The van der Waals surface area contributed by atoms with E-state index in [0.717, 1.165) is 11.6 Å². The molecule has 1 atom stereocenters. The predicted molar refractivity (Wildman–Crippen MR) is 121 cm³/mol. The Bertz CT molecular complexity index is 1110. The maximum absolute atomic E-state index is 13.2. The van der Waals surface area contributed by atoms with Crippen LogP contribution < -0.4 is 20.8 Å². The average Bonchev–Trinajstić information content (AvgIpc) is 3.18. The highest BCUT2D eigenvalue weighted by molar-refractivity contribution is 6.88. The van der Waals surface area contributed by atoms with Gasteiger partial charge < -0.3 is 14.6 Å². The van der Waals surface area contributed by atoms with Gasteiger partial charge in [0.2, 0.25) is 5.76 Å². The Morgan fingerprint density at radius 3 is 2.23 bits per heavy atom. The number of Topliss-reactive ketones (excluding diaryl/α,β-unsaturated/α-hetero) is 1. The van der Waals surface area contributed by atoms with Gasteiger partial charge in [-0.3, -0.25) is 14.4 Å². The first kappa shape index (κ1) is 22.3. The molecule has 0 saturated heterocycles. The minimum atomic E-state index is -1.43. The van der Waals surface area contributed by atoms with E-state index in [1.165, 1.54) is 5.19 Å². The summed E-state index contributed by atoms with van der Waals surface area (Å²) < 4.78 is 10.0. The molecule has 1 amide bonds. The average molecular weight is 439 g/mol. The molecule has 0 aliphatic heterocycles. The molecule has 3 aromatic rings. The molecule has 0 spiro atoms. The van der Waals surface area contributed by atoms with Gasteiger partial charge in [-0.05, 0) is 23.3 Å². The maximum Gasteiger partial charge on any atom is 0.290 e. The molecule has 2 aromatic carbocycles. The van der Waals surface area contributed by atoms with Crippen LogP contribution in [-0.4, -0.2) is 32.0 Å². The van der Waals surface area contributed by atoms with Crippen LogP contribution in [0, 0.1) is 0 Å². The van der Waals surface area contributed by atoms with Crippen LogP contribution in [0.4, 0.5) is 0 Å². The van der Waals surface area contributed by atoms with Crippen molar-refractivity contribution in [3.8, 4) is 5.75 Å². The van der Waals surface area contributed by atoms with Crippen molar-refractivity contribution in [3.05, 3.63) is 81.8 Å². The number of H-pyrrole nitrogens is 1. The van der Waals surface area contributed by atoms with Gasteiger partial charge in [-0.25, -0.2) is 0 Å². The van der Waals surface area contributed by atoms with E-state index >= 15 is 0 Å². The zero-order chi connectivity index (χ0) is 22.6. The van der Waals surface area contributed by atoms with Gasteiger partial charge >= 0.3 is 0 Å². The topological polar surface area (TPSA) is 101 Å². The summed E-state index contributed by atoms with van der Waals surface area (Å²) in [6, 6.07) is 15.1. The Hall–Kier alpha value is -3.39. The molecule has 162 valence electrons. The molecule has 0 aliphatic carbocycles. The first-order valence-corrected chi connectivity index (χ1v) is 13.4. The molecule has 7 nitrogen and oxygen atoms in total. The summed E-state index contributed by atoms with van der Waals surface area (Å²) in [4.78, 5) is 37.0. The smallest absolute Gasteiger partial charge is 0.290 e. The van der Waals surface area contributed by atoms with Crippen molar-refractivity contribution in [2.75, 3.05) is 7.11 Å². The Balaban J connectivity index is 1.84. The highest BCUT2D eigenvalue weighted by Crippen LogP contribution is 2.21. The van der Waals surface area contributed by atoms with Gasteiger partial charge in [-0.1, -0.05) is 61.2 Å². The van der Waals surface area contributed by atoms with Crippen molar-refractivity contribution in [1.82, 2.24) is 10.5 Å². The van der Waals surface area contributed by atoms with Crippen LogP contribution in [0.15, 0.2) is 63.9 Å². The summed E-state index contributed by atoms with van der Waals surface area (Å²) in [5, 5.41) is 6.07. The lowest BCUT2D eigenvalue weighted by Gasteiger charge is -2.19. The van der Waals surface area contributed by atoms with Crippen LogP contribution in [0.3, 0.4) is 0 Å². The van der Waals surface area contributed by atoms with Gasteiger partial charge in [0, 0.05) is 6.42 Å². The molecule has 0 saturated carbocycles. The van der Waals surface area contributed by atoms with Gasteiger partial charge in [-0.2, -0.15) is 5.16 Å². The van der Waals surface area contributed by atoms with Crippen LogP contribution in [0.25, 0.3) is 0 Å². The van der Waals surface area contributed by atoms with Crippen molar-refractivity contribution < 1.29 is 18.8 Å². The van der Waals surface area contributed by atoms with Gasteiger partial charge in [0.15, 0.2) is 5.78 Å². The van der Waals surface area contributed by atoms with Crippen LogP contribution in [0.5, 0.6) is 5.75 Å². The van der Waals surface area contributed by atoms with Crippen LogP contribution in [-0.2, 0) is 11.2 Å². The number of carbonyl (C=O) groups is 2. The molecule has 0 aliphatic rings. The van der Waals surface area contributed by atoms with Gasteiger partial charge in [0.25, 0.3) is 11.5 Å². The zero-order valence-electron chi connectivity index (χ0n) is 18.0. The fourth-order valence-electron chi connectivity index (χ4n) is 3.17. The Labute approximate surface area is 181 Å². The molecule has 0 fully saturated rings. The van der Waals surface area contributed by atoms with Crippen LogP contribution >= 0.6 is 0 Å². The number of hydrogen-bond donors (Lipinski definition) is 2. The summed E-state index contributed by atoms with van der Waals surface area (Å²) >= 11 is 0. The highest BCUT2D eigenvalue weighted by Gasteiger charge is 2.25. The normalized spacial score (nSPS) is 12.3. The van der Waals surface area contributed by atoms with Gasteiger partial charge in [-0.15, -0.1) is 0 Å². The minimum Gasteiger partial charge on any atom is -0.497 e. The molecule has 0 unspecified atom stereocenters. The number of carbonyl (C=O) groups excluding carboxylic acids is 2. The lowest BCUT2D eigenvalue weighted by Crippen LogP contribution is -2.37. The molecule has 3 rings (SSSR count). The molecule has 1 heterocycles. The number of methoxy groups -OCH3 is 1. The summed E-state index contributed by atoms with van der Waals surface area (Å²) in [5.41, 5.74) is 0.948. The third-order valence-electron chi connectivity index (χ3n) is 4.99. The largest absolute Gasteiger partial charge is 0.497 e. The number of ketones is 1. The first-order chi connectivity index (χ1) is 14.7. The molecule has 31 heavy (non-hydrogen) atoms. The number of rotatable bonds is 8. The van der Waals surface area contributed by atoms with E-state index in [2.05, 4.69) is 42.2 Å². The maximum atomic E-state index is 13.2. The number of aromatic nitrogens is 1. The molecule has 8 heteroatoms. The van der Waals surface area contributed by atoms with E-state index in [-0.39, 0.29) is 18.0 Å². The predicted octanol–water partition coefficient (Wildman–Crippen LogP) is 2.80. The second-order valence-corrected chi connectivity index (χ2v) is 13.4. The van der Waals surface area contributed by atoms with E-state index in [1.807, 2.05) is 12.1 Å². The SMILES string of the molecule is COc1ccc([C@@H](NC(=O)c2cc(=O)[nH]o2)C(=O)Cc2ccc([Si](C)(C)C)cc2)cc1. The van der Waals surface area contributed by atoms with E-state index in [4.69, 9.17) is 9.26 Å². The van der Waals surface area contributed by atoms with Crippen molar-refractivity contribution in [3.63, 3.8) is 0 Å². The number of aromatic amines is 1. The lowest BCUT2D eigenvalue weighted by atomic mass is 9.97. The van der Waals surface area contributed by atoms with Crippen molar-refractivity contribution in [1.29, 1.82) is 0 Å². The number of benzene rings is 2. The van der Waals surface area contributed by atoms with Gasteiger partial charge in [0.1, 0.15) is 11.8 Å². The number of amides is 1. The summed E-state index contributed by atoms with van der Waals surface area (Å²) in [6.07, 6.45) is 0.153. The third-order valence-corrected chi connectivity index (χ3v) is 7.06. The Morgan fingerprint density at radius 1 is 1.06 bits per heavy atom. The number of nitrogens with one attached hydrogen (secondary N) is 2. The third kappa shape index (κ3) is 5.61. The van der Waals surface area contributed by atoms with Crippen LogP contribution in [0.2, 0.25) is 19.6 Å². The number of ether oxygens (including phenoxy) is 1. The van der Waals surface area contributed by atoms with E-state index in [9.17, 15) is 14.4 Å². The van der Waals surface area contributed by atoms with Crippen molar-refractivity contribution >= 4 is 25.0 Å². The molecular weight excluding hydrogens is 412 g/mol. The molecule has 1 aromatic heterocycles. The molecule has 0 radical (unpaired) electrons. The monoisotopic (exact) mass is 438 g/mol. The van der Waals surface area contributed by atoms with Crippen LogP contribution in [0.1, 0.15) is 27.7 Å². The van der Waals surface area contributed by atoms with Crippen molar-refractivity contribution in [2.45, 2.75) is 32.1 Å². The van der Waals surface area contributed by atoms with Gasteiger partial charge in [0.05, 0.1) is 21.3 Å². The van der Waals surface area contributed by atoms with E-state index in [0.29, 0.717) is 11.3 Å². The van der Waals surface area contributed by atoms with Crippen molar-refractivity contribution in [2.24, 2.45) is 0 Å². The second kappa shape index (κ2) is 9.17. The molecule has 2 N–H and O–H groups in total. The molecule has 0 bridgehead atoms. The Morgan fingerprint density at radius 2 is 1.71 bits per heavy atom. The number of hydrogen-bond acceptors (Lipinski definition) is 5. The minimum absolute atomic E-state index is 0.153. The quantitative estimate of drug-likeness (QED) is 0.527. The highest BCUT2D eigenvalue weighted by atomic mass is 28.3. The Kier molecular flexibility index (Phi) is 6.60. The second-order valence-electron chi connectivity index (χ2n) is 8.35. The summed E-state index contributed by atoms with van der Waals surface area (Å²) in [5.74, 6) is -0.380. The fourth-order valence-corrected chi connectivity index (χ4v) is 4.34. The van der Waals surface area contributed by atoms with E-state index < -0.39 is 25.6 Å². The first-order valence-electron chi connectivity index (χ1n) is 9.93. The standard InChI is InChI=1S/C23H26N2O5Si/c1-29-17-9-7-16(8-10-17)22(24-23(28)20-14-21(27)25-30-20)19(26)13-15-5-11-18(12-6-15)31(2,3)4/h5-12,14,22H,13H2,1-4H3,(H,24,28)(H,25,27)/t22-/m1/s1. The fraction of sp³-hybridized carbons (Fsp3) is 0.261. The lowest BCUT2D eigenvalue weighted by molar-refractivity contribution is -0.120. The van der Waals surface area contributed by atoms with E-state index in [1.54, 1.807) is 31.4 Å². The molecular formula is C23H26N2O5Si. The summed E-state index contributed by atoms with van der Waals surface area (Å²) in [7, 11) is 0.123. The zero-order valence-corrected chi connectivity index (χ0v) is 19.0. The summed E-state index contributed by atoms with van der Waals surface area (Å²) in [6.45, 7) is 6.80.